The maximum Gasteiger partial charge on any atom is 0.306 e. The van der Waals surface area contributed by atoms with Crippen molar-refractivity contribution in [1.29, 1.82) is 0 Å². The topological polar surface area (TPSA) is 66.8 Å². The molecule has 2 aromatic carbocycles. The van der Waals surface area contributed by atoms with Crippen molar-refractivity contribution in [2.24, 2.45) is 0 Å². The highest BCUT2D eigenvalue weighted by molar-refractivity contribution is 5.70. The van der Waals surface area contributed by atoms with Gasteiger partial charge in [0, 0.05) is 17.5 Å². The number of phenolic OH excluding ortho intramolecular Hbond substituents is 2. The van der Waals surface area contributed by atoms with Crippen LogP contribution in [0, 0.1) is 13.8 Å². The van der Waals surface area contributed by atoms with Gasteiger partial charge in [0.05, 0.1) is 0 Å². The van der Waals surface area contributed by atoms with E-state index in [1.165, 1.54) is 0 Å². The molecule has 0 unspecified atom stereocenters. The highest BCUT2D eigenvalue weighted by Crippen LogP contribution is 2.45. The van der Waals surface area contributed by atoms with E-state index in [9.17, 15) is 15.0 Å². The first-order chi connectivity index (χ1) is 13.7. The van der Waals surface area contributed by atoms with Crippen LogP contribution in [-0.4, -0.2) is 16.2 Å². The molecule has 164 valence electrons. The zero-order valence-electron chi connectivity index (χ0n) is 19.8. The van der Waals surface area contributed by atoms with E-state index >= 15 is 0 Å². The van der Waals surface area contributed by atoms with Gasteiger partial charge in [-0.3, -0.25) is 4.79 Å². The molecule has 0 spiro atoms. The summed E-state index contributed by atoms with van der Waals surface area (Å²) in [7, 11) is 0. The Labute approximate surface area is 180 Å². The third-order valence-electron chi connectivity index (χ3n) is 5.29. The van der Waals surface area contributed by atoms with E-state index < -0.39 is 12.1 Å². The number of phenols is 2. The third-order valence-corrected chi connectivity index (χ3v) is 5.29. The molecule has 30 heavy (non-hydrogen) atoms. The van der Waals surface area contributed by atoms with Gasteiger partial charge in [-0.05, 0) is 47.9 Å². The van der Waals surface area contributed by atoms with Crippen LogP contribution in [0.1, 0.15) is 94.4 Å². The van der Waals surface area contributed by atoms with Gasteiger partial charge >= 0.3 is 5.97 Å². The molecule has 0 aromatic heterocycles. The second-order valence-corrected chi connectivity index (χ2v) is 10.2. The number of hydrogen-bond acceptors (Lipinski definition) is 4. The van der Waals surface area contributed by atoms with Gasteiger partial charge in [0.15, 0.2) is 6.10 Å². The quantitative estimate of drug-likeness (QED) is 0.574. The Balaban J connectivity index is 2.85. The molecule has 0 radical (unpaired) electrons. The fraction of sp³-hybridized carbons (Fsp3) is 0.500. The van der Waals surface area contributed by atoms with Crippen LogP contribution in [0.15, 0.2) is 24.3 Å². The van der Waals surface area contributed by atoms with E-state index in [1.54, 1.807) is 6.92 Å². The monoisotopic (exact) mass is 412 g/mol. The number of benzene rings is 2. The molecular weight excluding hydrogens is 376 g/mol. The first-order valence-electron chi connectivity index (χ1n) is 10.5. The number of hydrogen-bond donors (Lipinski definition) is 2. The van der Waals surface area contributed by atoms with Crippen LogP contribution in [0.5, 0.6) is 11.5 Å². The zero-order valence-corrected chi connectivity index (χ0v) is 19.8. The second kappa shape index (κ2) is 8.33. The van der Waals surface area contributed by atoms with Gasteiger partial charge in [-0.2, -0.15) is 0 Å². The van der Waals surface area contributed by atoms with Crippen LogP contribution in [0.4, 0.5) is 0 Å². The van der Waals surface area contributed by atoms with E-state index in [0.717, 1.165) is 22.3 Å². The van der Waals surface area contributed by atoms with Crippen molar-refractivity contribution in [3.8, 4) is 11.5 Å². The molecule has 2 N–H and O–H groups in total. The Bertz CT molecular complexity index is 873. The molecule has 4 nitrogen and oxygen atoms in total. The van der Waals surface area contributed by atoms with Gasteiger partial charge in [-0.15, -0.1) is 0 Å². The molecule has 4 heteroatoms. The van der Waals surface area contributed by atoms with Crippen LogP contribution >= 0.6 is 0 Å². The number of aryl methyl sites for hydroxylation is 2. The molecule has 0 saturated carbocycles. The average Bonchev–Trinajstić information content (AvgIpc) is 2.61. The number of rotatable bonds is 4. The number of ether oxygens (including phenoxy) is 1. The Hall–Kier alpha value is -2.49. The fourth-order valence-corrected chi connectivity index (χ4v) is 3.67. The Morgan fingerprint density at radius 1 is 0.833 bits per heavy atom. The lowest BCUT2D eigenvalue weighted by molar-refractivity contribution is -0.147. The smallest absolute Gasteiger partial charge is 0.306 e. The number of aromatic hydroxyl groups is 2. The SMILES string of the molecule is CCC(=O)OC(c1cc(C)cc(C(C)(C)C)c1O)c1cc(C)cc(C(C)(C)C)c1O. The lowest BCUT2D eigenvalue weighted by Crippen LogP contribution is -2.18. The lowest BCUT2D eigenvalue weighted by Gasteiger charge is -2.28. The summed E-state index contributed by atoms with van der Waals surface area (Å²) in [5, 5.41) is 22.4. The van der Waals surface area contributed by atoms with Crippen molar-refractivity contribution >= 4 is 5.97 Å². The minimum absolute atomic E-state index is 0.0974. The average molecular weight is 413 g/mol. The predicted molar refractivity (Wildman–Crippen MR) is 121 cm³/mol. The van der Waals surface area contributed by atoms with Gasteiger partial charge in [-0.1, -0.05) is 71.7 Å². The van der Waals surface area contributed by atoms with Crippen molar-refractivity contribution in [2.45, 2.75) is 85.7 Å². The molecule has 0 atom stereocenters. The summed E-state index contributed by atoms with van der Waals surface area (Å²) in [5.74, 6) is -0.197. The predicted octanol–water partition coefficient (Wildman–Crippen LogP) is 6.35. The molecule has 0 heterocycles. The molecule has 2 aromatic rings. The molecule has 2 rings (SSSR count). The van der Waals surface area contributed by atoms with E-state index in [-0.39, 0.29) is 28.7 Å². The number of carbonyl (C=O) groups is 1. The molecular formula is C26H36O4. The first kappa shape index (κ1) is 23.8. The van der Waals surface area contributed by atoms with Gasteiger partial charge < -0.3 is 14.9 Å². The van der Waals surface area contributed by atoms with Crippen molar-refractivity contribution in [1.82, 2.24) is 0 Å². The molecule has 0 aliphatic carbocycles. The van der Waals surface area contributed by atoms with Crippen molar-refractivity contribution in [2.75, 3.05) is 0 Å². The van der Waals surface area contributed by atoms with Crippen LogP contribution in [-0.2, 0) is 20.4 Å². The summed E-state index contributed by atoms with van der Waals surface area (Å²) in [6.07, 6.45) is -0.701. The number of carbonyl (C=O) groups excluding carboxylic acids is 1. The van der Waals surface area contributed by atoms with Crippen molar-refractivity contribution < 1.29 is 19.7 Å². The van der Waals surface area contributed by atoms with Crippen LogP contribution in [0.25, 0.3) is 0 Å². The zero-order chi connectivity index (χ0) is 23.0. The van der Waals surface area contributed by atoms with Gasteiger partial charge in [0.25, 0.3) is 0 Å². The summed E-state index contributed by atoms with van der Waals surface area (Å²) in [6, 6.07) is 7.57. The van der Waals surface area contributed by atoms with Crippen LogP contribution in [0.2, 0.25) is 0 Å². The standard InChI is InChI=1S/C26H36O4/c1-10-21(27)30-24(17-11-15(2)13-19(22(17)28)25(4,5)6)18-12-16(3)14-20(23(18)29)26(7,8)9/h11-14,24,28-29H,10H2,1-9H3. The van der Waals surface area contributed by atoms with Crippen molar-refractivity contribution in [3.63, 3.8) is 0 Å². The molecule has 0 bridgehead atoms. The van der Waals surface area contributed by atoms with E-state index in [2.05, 4.69) is 0 Å². The van der Waals surface area contributed by atoms with Gasteiger partial charge in [0.1, 0.15) is 11.5 Å². The van der Waals surface area contributed by atoms with Crippen LogP contribution in [0.3, 0.4) is 0 Å². The van der Waals surface area contributed by atoms with E-state index in [4.69, 9.17) is 4.74 Å². The molecule has 0 aliphatic heterocycles. The summed E-state index contributed by atoms with van der Waals surface area (Å²) in [5.41, 5.74) is 3.84. The maximum atomic E-state index is 12.3. The van der Waals surface area contributed by atoms with Gasteiger partial charge in [0.2, 0.25) is 0 Å². The lowest BCUT2D eigenvalue weighted by atomic mass is 9.81. The Kier molecular flexibility index (Phi) is 6.60. The third kappa shape index (κ3) is 4.97. The Morgan fingerprint density at radius 3 is 1.50 bits per heavy atom. The summed E-state index contributed by atoms with van der Waals surface area (Å²) in [6.45, 7) is 17.8. The highest BCUT2D eigenvalue weighted by Gasteiger charge is 2.31. The van der Waals surface area contributed by atoms with Crippen LogP contribution < -0.4 is 0 Å². The maximum absolute atomic E-state index is 12.3. The largest absolute Gasteiger partial charge is 0.507 e. The first-order valence-corrected chi connectivity index (χ1v) is 10.5. The molecule has 0 saturated heterocycles. The van der Waals surface area contributed by atoms with Gasteiger partial charge in [-0.25, -0.2) is 0 Å². The van der Waals surface area contributed by atoms with E-state index in [1.807, 2.05) is 79.7 Å². The normalized spacial score (nSPS) is 12.3. The second-order valence-electron chi connectivity index (χ2n) is 10.2. The molecule has 0 amide bonds. The summed E-state index contributed by atoms with van der Waals surface area (Å²) < 4.78 is 5.82. The minimum atomic E-state index is -0.903. The summed E-state index contributed by atoms with van der Waals surface area (Å²) in [4.78, 5) is 12.3. The molecule has 0 fully saturated rings. The van der Waals surface area contributed by atoms with Crippen molar-refractivity contribution in [3.05, 3.63) is 57.6 Å². The highest BCUT2D eigenvalue weighted by atomic mass is 16.5. The Morgan fingerprint density at radius 2 is 1.20 bits per heavy atom. The summed E-state index contributed by atoms with van der Waals surface area (Å²) >= 11 is 0. The minimum Gasteiger partial charge on any atom is -0.507 e. The fourth-order valence-electron chi connectivity index (χ4n) is 3.67. The van der Waals surface area contributed by atoms with E-state index in [0.29, 0.717) is 11.1 Å². The number of esters is 1. The molecule has 0 aliphatic rings.